The van der Waals surface area contributed by atoms with E-state index in [4.69, 9.17) is 9.47 Å². The number of aldehydes is 1. The molecule has 0 saturated carbocycles. The first-order chi connectivity index (χ1) is 13.7. The van der Waals surface area contributed by atoms with Gasteiger partial charge in [-0.2, -0.15) is 0 Å². The number of para-hydroxylation sites is 1. The highest BCUT2D eigenvalue weighted by Crippen LogP contribution is 2.38. The smallest absolute Gasteiger partial charge is 0.419 e. The van der Waals surface area contributed by atoms with Crippen molar-refractivity contribution < 1.29 is 19.1 Å². The van der Waals surface area contributed by atoms with Crippen LogP contribution in [-0.2, 0) is 11.2 Å². The predicted molar refractivity (Wildman–Crippen MR) is 116 cm³/mol. The number of hydrogen-bond acceptors (Lipinski definition) is 4. The van der Waals surface area contributed by atoms with Crippen molar-refractivity contribution in [2.75, 3.05) is 7.11 Å². The minimum Gasteiger partial charge on any atom is -0.496 e. The lowest BCUT2D eigenvalue weighted by molar-refractivity contribution is 0.0551. The van der Waals surface area contributed by atoms with Crippen molar-refractivity contribution in [3.8, 4) is 5.75 Å². The fourth-order valence-corrected chi connectivity index (χ4v) is 3.53. The van der Waals surface area contributed by atoms with Crippen molar-refractivity contribution in [2.45, 2.75) is 46.6 Å². The highest BCUT2D eigenvalue weighted by molar-refractivity contribution is 6.15. The second-order valence-electron chi connectivity index (χ2n) is 8.31. The molecule has 0 radical (unpaired) electrons. The molecule has 152 valence electrons. The lowest BCUT2D eigenvalue weighted by atomic mass is 10.00. The Balaban J connectivity index is 2.48. The molecule has 0 aliphatic carbocycles. The molecule has 3 rings (SSSR count). The second-order valence-corrected chi connectivity index (χ2v) is 8.31. The quantitative estimate of drug-likeness (QED) is 0.408. The molecule has 0 amide bonds. The average Bonchev–Trinajstić information content (AvgIpc) is 2.98. The number of fused-ring (bicyclic) bond motifs is 3. The Morgan fingerprint density at radius 1 is 1.14 bits per heavy atom. The van der Waals surface area contributed by atoms with Crippen molar-refractivity contribution in [1.29, 1.82) is 0 Å². The molecule has 2 aromatic carbocycles. The maximum absolute atomic E-state index is 13.2. The summed E-state index contributed by atoms with van der Waals surface area (Å²) >= 11 is 0. The van der Waals surface area contributed by atoms with Gasteiger partial charge in [-0.1, -0.05) is 29.8 Å². The summed E-state index contributed by atoms with van der Waals surface area (Å²) in [5.41, 5.74) is 3.19. The zero-order valence-electron chi connectivity index (χ0n) is 17.8. The highest BCUT2D eigenvalue weighted by Gasteiger charge is 2.26. The second kappa shape index (κ2) is 7.74. The molecule has 0 spiro atoms. The van der Waals surface area contributed by atoms with Gasteiger partial charge >= 0.3 is 6.09 Å². The lowest BCUT2D eigenvalue weighted by Crippen LogP contribution is -2.27. The van der Waals surface area contributed by atoms with Gasteiger partial charge in [-0.15, -0.1) is 0 Å². The van der Waals surface area contributed by atoms with E-state index < -0.39 is 11.7 Å². The molecule has 0 saturated heterocycles. The number of aromatic nitrogens is 1. The van der Waals surface area contributed by atoms with Crippen molar-refractivity contribution >= 4 is 34.2 Å². The topological polar surface area (TPSA) is 57.5 Å². The van der Waals surface area contributed by atoms with E-state index in [1.807, 2.05) is 58.9 Å². The molecule has 0 atom stereocenters. The summed E-state index contributed by atoms with van der Waals surface area (Å²) in [5, 5.41) is 1.71. The van der Waals surface area contributed by atoms with Gasteiger partial charge in [0.15, 0.2) is 6.29 Å². The van der Waals surface area contributed by atoms with Gasteiger partial charge in [-0.3, -0.25) is 4.79 Å². The van der Waals surface area contributed by atoms with Gasteiger partial charge in [0.1, 0.15) is 11.4 Å². The van der Waals surface area contributed by atoms with Crippen LogP contribution in [0.2, 0.25) is 0 Å². The van der Waals surface area contributed by atoms with E-state index >= 15 is 0 Å². The van der Waals surface area contributed by atoms with E-state index in [2.05, 4.69) is 6.08 Å². The minimum absolute atomic E-state index is 0.456. The van der Waals surface area contributed by atoms with Crippen LogP contribution in [0.4, 0.5) is 4.79 Å². The van der Waals surface area contributed by atoms with Crippen LogP contribution in [0.25, 0.3) is 21.8 Å². The molecule has 0 N–H and O–H groups in total. The molecule has 5 heteroatoms. The van der Waals surface area contributed by atoms with E-state index in [0.717, 1.165) is 33.7 Å². The van der Waals surface area contributed by atoms with Gasteiger partial charge < -0.3 is 9.47 Å². The number of carbonyl (C=O) groups excluding carboxylic acids is 2. The van der Waals surface area contributed by atoms with Crippen LogP contribution in [0.15, 0.2) is 42.0 Å². The van der Waals surface area contributed by atoms with E-state index in [0.29, 0.717) is 23.3 Å². The third-order valence-corrected chi connectivity index (χ3v) is 4.66. The minimum atomic E-state index is -0.637. The van der Waals surface area contributed by atoms with Crippen molar-refractivity contribution in [3.05, 3.63) is 53.1 Å². The molecule has 0 aliphatic rings. The van der Waals surface area contributed by atoms with Crippen LogP contribution < -0.4 is 4.74 Å². The summed E-state index contributed by atoms with van der Waals surface area (Å²) in [7, 11) is 1.54. The molecular formula is C24H27NO4. The third kappa shape index (κ3) is 3.90. The first kappa shape index (κ1) is 20.6. The Hall–Kier alpha value is -3.08. The van der Waals surface area contributed by atoms with E-state index in [1.54, 1.807) is 17.7 Å². The highest BCUT2D eigenvalue weighted by atomic mass is 16.6. The first-order valence-electron chi connectivity index (χ1n) is 9.63. The Morgan fingerprint density at radius 3 is 2.41 bits per heavy atom. The summed E-state index contributed by atoms with van der Waals surface area (Å²) in [6.45, 7) is 9.54. The van der Waals surface area contributed by atoms with Crippen molar-refractivity contribution in [3.63, 3.8) is 0 Å². The number of benzene rings is 2. The average molecular weight is 393 g/mol. The molecule has 5 nitrogen and oxygen atoms in total. The Labute approximate surface area is 170 Å². The van der Waals surface area contributed by atoms with Crippen LogP contribution in [0, 0.1) is 0 Å². The Kier molecular flexibility index (Phi) is 5.51. The van der Waals surface area contributed by atoms with Gasteiger partial charge in [0, 0.05) is 16.3 Å². The molecule has 1 heterocycles. The molecule has 1 aromatic heterocycles. The van der Waals surface area contributed by atoms with Crippen molar-refractivity contribution in [2.24, 2.45) is 0 Å². The summed E-state index contributed by atoms with van der Waals surface area (Å²) < 4.78 is 12.9. The maximum Gasteiger partial charge on any atom is 0.419 e. The molecule has 0 aliphatic heterocycles. The van der Waals surface area contributed by atoms with Crippen molar-refractivity contribution in [1.82, 2.24) is 4.57 Å². The van der Waals surface area contributed by atoms with Crippen LogP contribution in [0.1, 0.15) is 50.5 Å². The molecule has 3 aromatic rings. The number of allylic oxidation sites excluding steroid dienone is 2. The number of methoxy groups -OCH3 is 1. The fraction of sp³-hybridized carbons (Fsp3) is 0.333. The zero-order valence-corrected chi connectivity index (χ0v) is 17.8. The molecule has 0 fully saturated rings. The molecule has 29 heavy (non-hydrogen) atoms. The number of nitrogens with zero attached hydrogens (tertiary/aromatic N) is 1. The fourth-order valence-electron chi connectivity index (χ4n) is 3.53. The van der Waals surface area contributed by atoms with Gasteiger partial charge in [0.2, 0.25) is 0 Å². The summed E-state index contributed by atoms with van der Waals surface area (Å²) in [6.07, 6.45) is 2.93. The third-order valence-electron chi connectivity index (χ3n) is 4.66. The zero-order chi connectivity index (χ0) is 21.3. The summed E-state index contributed by atoms with van der Waals surface area (Å²) in [5.74, 6) is 0.484. The number of rotatable bonds is 4. The van der Waals surface area contributed by atoms with Gasteiger partial charge in [0.25, 0.3) is 0 Å². The molecular weight excluding hydrogens is 366 g/mol. The Bertz CT molecular complexity index is 1130. The summed E-state index contributed by atoms with van der Waals surface area (Å²) in [6, 6.07) is 9.43. The summed E-state index contributed by atoms with van der Waals surface area (Å²) in [4.78, 5) is 25.0. The first-order valence-corrected chi connectivity index (χ1v) is 9.63. The van der Waals surface area contributed by atoms with E-state index in [1.165, 1.54) is 0 Å². The van der Waals surface area contributed by atoms with E-state index in [9.17, 15) is 9.59 Å². The monoisotopic (exact) mass is 393 g/mol. The van der Waals surface area contributed by atoms with E-state index in [-0.39, 0.29) is 0 Å². The standard InChI is InChI=1S/C24H27NO4/c1-15(2)11-12-18-21-19(13-16(14-26)22(18)28-6)17-9-7-8-10-20(17)25(21)23(27)29-24(3,4)5/h7-11,13-14H,12H2,1-6H3. The van der Waals surface area contributed by atoms with Crippen LogP contribution >= 0.6 is 0 Å². The molecule has 0 unspecified atom stereocenters. The maximum atomic E-state index is 13.2. The van der Waals surface area contributed by atoms with Gasteiger partial charge in [-0.05, 0) is 53.2 Å². The lowest BCUT2D eigenvalue weighted by Gasteiger charge is -2.21. The van der Waals surface area contributed by atoms with Gasteiger partial charge in [0.05, 0.1) is 23.7 Å². The van der Waals surface area contributed by atoms with Crippen LogP contribution in [0.3, 0.4) is 0 Å². The van der Waals surface area contributed by atoms with Crippen LogP contribution in [-0.4, -0.2) is 29.7 Å². The normalized spacial score (nSPS) is 11.5. The number of hydrogen-bond donors (Lipinski definition) is 0. The number of ether oxygens (including phenoxy) is 2. The Morgan fingerprint density at radius 2 is 1.83 bits per heavy atom. The van der Waals surface area contributed by atoms with Gasteiger partial charge in [-0.25, -0.2) is 9.36 Å². The largest absolute Gasteiger partial charge is 0.496 e. The predicted octanol–water partition coefficient (Wildman–Crippen LogP) is 5.91. The molecule has 0 bridgehead atoms. The van der Waals surface area contributed by atoms with Crippen LogP contribution in [0.5, 0.6) is 5.75 Å². The number of carbonyl (C=O) groups is 2. The SMILES string of the molecule is COc1c(C=O)cc2c3ccccc3n(C(=O)OC(C)(C)C)c2c1CC=C(C)C.